The minimum atomic E-state index is 0.0661. The number of hydrogen-bond donors (Lipinski definition) is 1. The Bertz CT molecular complexity index is 830. The third kappa shape index (κ3) is 4.51. The van der Waals surface area contributed by atoms with Gasteiger partial charge < -0.3 is 10.2 Å². The second-order valence-corrected chi connectivity index (χ2v) is 9.31. The van der Waals surface area contributed by atoms with Gasteiger partial charge in [-0.25, -0.2) is 15.0 Å². The van der Waals surface area contributed by atoms with E-state index in [0.717, 1.165) is 46.7 Å². The number of rotatable bonds is 5. The number of aryl methyl sites for hydroxylation is 2. The van der Waals surface area contributed by atoms with Crippen LogP contribution in [-0.2, 0) is 4.79 Å². The molecule has 7 heteroatoms. The van der Waals surface area contributed by atoms with E-state index < -0.39 is 0 Å². The van der Waals surface area contributed by atoms with E-state index in [9.17, 15) is 4.79 Å². The van der Waals surface area contributed by atoms with Crippen LogP contribution in [0.2, 0.25) is 0 Å². The van der Waals surface area contributed by atoms with Crippen molar-refractivity contribution in [3.05, 3.63) is 28.7 Å². The van der Waals surface area contributed by atoms with Gasteiger partial charge in [-0.1, -0.05) is 19.3 Å². The molecular formula is C21H29N5OS. The van der Waals surface area contributed by atoms with Gasteiger partial charge in [0.15, 0.2) is 5.13 Å². The van der Waals surface area contributed by atoms with Gasteiger partial charge in [0.25, 0.3) is 0 Å². The van der Waals surface area contributed by atoms with Gasteiger partial charge >= 0.3 is 0 Å². The Balaban J connectivity index is 1.49. The highest BCUT2D eigenvalue weighted by Crippen LogP contribution is 2.35. The van der Waals surface area contributed by atoms with Crippen LogP contribution >= 0.6 is 11.3 Å². The Morgan fingerprint density at radius 1 is 1.18 bits per heavy atom. The highest BCUT2D eigenvalue weighted by molar-refractivity contribution is 7.15. The summed E-state index contributed by atoms with van der Waals surface area (Å²) >= 11 is 1.60. The van der Waals surface area contributed by atoms with Crippen molar-refractivity contribution in [2.75, 3.05) is 11.9 Å². The van der Waals surface area contributed by atoms with Gasteiger partial charge in [0.1, 0.15) is 11.6 Å². The molecule has 0 radical (unpaired) electrons. The fourth-order valence-electron chi connectivity index (χ4n) is 4.48. The first-order valence-electron chi connectivity index (χ1n) is 10.4. The Kier molecular flexibility index (Phi) is 5.90. The zero-order chi connectivity index (χ0) is 19.5. The molecule has 0 aromatic carbocycles. The lowest BCUT2D eigenvalue weighted by atomic mass is 9.86. The molecule has 2 aromatic heterocycles. The van der Waals surface area contributed by atoms with E-state index in [1.165, 1.54) is 32.1 Å². The number of thiazole rings is 1. The highest BCUT2D eigenvalue weighted by atomic mass is 32.1. The summed E-state index contributed by atoms with van der Waals surface area (Å²) in [6.07, 6.45) is 10.9. The van der Waals surface area contributed by atoms with Crippen molar-refractivity contribution in [3.63, 3.8) is 0 Å². The summed E-state index contributed by atoms with van der Waals surface area (Å²) < 4.78 is 0. The predicted molar refractivity (Wildman–Crippen MR) is 112 cm³/mol. The standard InChI is InChI=1S/C21H29N5OS/c1-14-13-22-21(28-14)25-19-12-17(23-15(2)24-19)18-9-6-10-26(18)20(27)11-16-7-4-3-5-8-16/h12-13,16,18H,3-11H2,1-2H3,(H,22,23,24,25)/t18-/m0/s1. The van der Waals surface area contributed by atoms with E-state index in [1.807, 2.05) is 26.1 Å². The maximum absolute atomic E-state index is 13.0. The maximum atomic E-state index is 13.0. The monoisotopic (exact) mass is 399 g/mol. The Hall–Kier alpha value is -2.02. The van der Waals surface area contributed by atoms with Crippen molar-refractivity contribution in [1.29, 1.82) is 0 Å². The summed E-state index contributed by atoms with van der Waals surface area (Å²) in [5, 5.41) is 4.12. The van der Waals surface area contributed by atoms with Gasteiger partial charge in [-0.2, -0.15) is 0 Å². The lowest BCUT2D eigenvalue weighted by molar-refractivity contribution is -0.133. The van der Waals surface area contributed by atoms with Crippen LogP contribution in [0.25, 0.3) is 0 Å². The van der Waals surface area contributed by atoms with Crippen LogP contribution < -0.4 is 5.32 Å². The predicted octanol–water partition coefficient (Wildman–Crippen LogP) is 4.93. The van der Waals surface area contributed by atoms with E-state index in [0.29, 0.717) is 18.2 Å². The zero-order valence-corrected chi connectivity index (χ0v) is 17.6. The summed E-state index contributed by atoms with van der Waals surface area (Å²) in [7, 11) is 0. The molecule has 2 aromatic rings. The van der Waals surface area contributed by atoms with Crippen LogP contribution in [0.5, 0.6) is 0 Å². The first kappa shape index (κ1) is 19.3. The first-order chi connectivity index (χ1) is 13.6. The molecule has 0 bridgehead atoms. The average Bonchev–Trinajstić information content (AvgIpc) is 3.31. The van der Waals surface area contributed by atoms with Crippen LogP contribution in [0.1, 0.15) is 73.8 Å². The molecule has 1 atom stereocenters. The second kappa shape index (κ2) is 8.55. The summed E-state index contributed by atoms with van der Waals surface area (Å²) in [5.41, 5.74) is 0.942. The topological polar surface area (TPSA) is 71.0 Å². The third-order valence-electron chi connectivity index (χ3n) is 5.82. The molecule has 4 rings (SSSR count). The van der Waals surface area contributed by atoms with Crippen LogP contribution in [0, 0.1) is 19.8 Å². The summed E-state index contributed by atoms with van der Waals surface area (Å²) in [5.74, 6) is 2.35. The van der Waals surface area contributed by atoms with Gasteiger partial charge in [-0.3, -0.25) is 4.79 Å². The molecule has 1 amide bonds. The van der Waals surface area contributed by atoms with E-state index in [-0.39, 0.29) is 6.04 Å². The number of nitrogens with one attached hydrogen (secondary N) is 1. The second-order valence-electron chi connectivity index (χ2n) is 8.08. The normalized spacial score (nSPS) is 20.5. The maximum Gasteiger partial charge on any atom is 0.223 e. The summed E-state index contributed by atoms with van der Waals surface area (Å²) in [6.45, 7) is 4.78. The minimum absolute atomic E-state index is 0.0661. The third-order valence-corrected chi connectivity index (χ3v) is 6.64. The molecular weight excluding hydrogens is 370 g/mol. The summed E-state index contributed by atoms with van der Waals surface area (Å²) in [6, 6.07) is 2.05. The van der Waals surface area contributed by atoms with Crippen molar-refractivity contribution in [2.45, 2.75) is 71.3 Å². The van der Waals surface area contributed by atoms with Gasteiger partial charge in [0.05, 0.1) is 11.7 Å². The molecule has 28 heavy (non-hydrogen) atoms. The molecule has 1 saturated carbocycles. The zero-order valence-electron chi connectivity index (χ0n) is 16.8. The van der Waals surface area contributed by atoms with Crippen molar-refractivity contribution in [3.8, 4) is 0 Å². The van der Waals surface area contributed by atoms with E-state index in [4.69, 9.17) is 0 Å². The number of likely N-dealkylation sites (tertiary alicyclic amines) is 1. The van der Waals surface area contributed by atoms with Gasteiger partial charge in [-0.15, -0.1) is 11.3 Å². The van der Waals surface area contributed by atoms with E-state index >= 15 is 0 Å². The molecule has 0 spiro atoms. The van der Waals surface area contributed by atoms with Crippen molar-refractivity contribution >= 4 is 28.2 Å². The number of carbonyl (C=O) groups excluding carboxylic acids is 1. The average molecular weight is 400 g/mol. The molecule has 1 aliphatic carbocycles. The molecule has 150 valence electrons. The van der Waals surface area contributed by atoms with E-state index in [1.54, 1.807) is 11.3 Å². The molecule has 1 N–H and O–H groups in total. The molecule has 1 saturated heterocycles. The lowest BCUT2D eigenvalue weighted by Gasteiger charge is -2.28. The van der Waals surface area contributed by atoms with Crippen LogP contribution in [-0.4, -0.2) is 32.3 Å². The molecule has 3 heterocycles. The lowest BCUT2D eigenvalue weighted by Crippen LogP contribution is -2.32. The minimum Gasteiger partial charge on any atom is -0.334 e. The molecule has 0 unspecified atom stereocenters. The number of carbonyl (C=O) groups is 1. The van der Waals surface area contributed by atoms with Crippen LogP contribution in [0.15, 0.2) is 12.3 Å². The Morgan fingerprint density at radius 2 is 2.00 bits per heavy atom. The number of aromatic nitrogens is 3. The first-order valence-corrected chi connectivity index (χ1v) is 11.2. The SMILES string of the molecule is Cc1nc(Nc2ncc(C)s2)cc([C@@H]2CCCN2C(=O)CC2CCCCC2)n1. The van der Waals surface area contributed by atoms with Crippen molar-refractivity contribution in [1.82, 2.24) is 19.9 Å². The Morgan fingerprint density at radius 3 is 2.75 bits per heavy atom. The molecule has 6 nitrogen and oxygen atoms in total. The Labute approximate surface area is 170 Å². The largest absolute Gasteiger partial charge is 0.334 e. The molecule has 2 fully saturated rings. The molecule has 1 aliphatic heterocycles. The van der Waals surface area contributed by atoms with Gasteiger partial charge in [0, 0.05) is 30.1 Å². The van der Waals surface area contributed by atoms with Crippen molar-refractivity contribution < 1.29 is 4.79 Å². The fraction of sp³-hybridized carbons (Fsp3) is 0.619. The van der Waals surface area contributed by atoms with Gasteiger partial charge in [-0.05, 0) is 45.4 Å². The smallest absolute Gasteiger partial charge is 0.223 e. The van der Waals surface area contributed by atoms with Crippen molar-refractivity contribution in [2.24, 2.45) is 5.92 Å². The number of nitrogens with zero attached hydrogens (tertiary/aromatic N) is 4. The van der Waals surface area contributed by atoms with Gasteiger partial charge in [0.2, 0.25) is 5.91 Å². The summed E-state index contributed by atoms with van der Waals surface area (Å²) in [4.78, 5) is 29.8. The number of amides is 1. The van der Waals surface area contributed by atoms with E-state index in [2.05, 4.69) is 25.2 Å². The highest BCUT2D eigenvalue weighted by Gasteiger charge is 2.32. The van der Waals surface area contributed by atoms with Crippen LogP contribution in [0.4, 0.5) is 10.9 Å². The number of hydrogen-bond acceptors (Lipinski definition) is 6. The fourth-order valence-corrected chi connectivity index (χ4v) is 5.15. The number of anilines is 2. The molecule has 2 aliphatic rings. The van der Waals surface area contributed by atoms with Crippen LogP contribution in [0.3, 0.4) is 0 Å². The quantitative estimate of drug-likeness (QED) is 0.772.